The molecule has 0 radical (unpaired) electrons. The Bertz CT molecular complexity index is 1090. The zero-order chi connectivity index (χ0) is 22.3. The molecule has 0 spiro atoms. The minimum atomic E-state index is -0.240. The second kappa shape index (κ2) is 10.5. The van der Waals surface area contributed by atoms with E-state index in [1.54, 1.807) is 18.3 Å². The SMILES string of the molecule is O=C(N/N=C\c1ccc(OCc2ccc(Cl)c(Cl)c2)cc1)c1ccc(N2CCCC2)cc1. The van der Waals surface area contributed by atoms with Crippen molar-refractivity contribution in [3.8, 4) is 5.75 Å². The lowest BCUT2D eigenvalue weighted by atomic mass is 10.2. The molecule has 7 heteroatoms. The number of ether oxygens (including phenoxy) is 1. The standard InChI is InChI=1S/C25H23Cl2N3O2/c26-23-12-5-19(15-24(23)27)17-32-22-10-3-18(4-11-22)16-28-29-25(31)20-6-8-21(9-7-20)30-13-1-2-14-30/h3-12,15-16H,1-2,13-14,17H2,(H,29,31)/b28-16-. The van der Waals surface area contributed by atoms with Crippen LogP contribution in [0.1, 0.15) is 34.3 Å². The Hall–Kier alpha value is -3.02. The normalized spacial score (nSPS) is 13.5. The maximum atomic E-state index is 12.3. The fourth-order valence-corrected chi connectivity index (χ4v) is 3.80. The quantitative estimate of drug-likeness (QED) is 0.345. The second-order valence-corrected chi connectivity index (χ2v) is 8.36. The van der Waals surface area contributed by atoms with Crippen molar-refractivity contribution in [3.63, 3.8) is 0 Å². The minimum absolute atomic E-state index is 0.240. The summed E-state index contributed by atoms with van der Waals surface area (Å²) in [6.45, 7) is 2.54. The molecule has 0 aliphatic carbocycles. The number of hydrazone groups is 1. The molecule has 4 rings (SSSR count). The Labute approximate surface area is 197 Å². The van der Waals surface area contributed by atoms with E-state index >= 15 is 0 Å². The molecule has 1 saturated heterocycles. The van der Waals surface area contributed by atoms with Crippen molar-refractivity contribution >= 4 is 41.0 Å². The highest BCUT2D eigenvalue weighted by Crippen LogP contribution is 2.23. The maximum absolute atomic E-state index is 12.3. The lowest BCUT2D eigenvalue weighted by molar-refractivity contribution is 0.0955. The Morgan fingerprint density at radius 3 is 2.38 bits per heavy atom. The first-order valence-corrected chi connectivity index (χ1v) is 11.2. The van der Waals surface area contributed by atoms with Gasteiger partial charge in [0.1, 0.15) is 12.4 Å². The number of hydrogen-bond acceptors (Lipinski definition) is 4. The van der Waals surface area contributed by atoms with Gasteiger partial charge >= 0.3 is 0 Å². The molecule has 1 heterocycles. The summed E-state index contributed by atoms with van der Waals surface area (Å²) >= 11 is 12.0. The van der Waals surface area contributed by atoms with Crippen LogP contribution in [0.15, 0.2) is 71.8 Å². The zero-order valence-corrected chi connectivity index (χ0v) is 18.9. The van der Waals surface area contributed by atoms with Gasteiger partial charge in [0, 0.05) is 24.3 Å². The van der Waals surface area contributed by atoms with Gasteiger partial charge < -0.3 is 9.64 Å². The number of anilines is 1. The van der Waals surface area contributed by atoms with Crippen LogP contribution in [0.2, 0.25) is 10.0 Å². The third-order valence-corrected chi connectivity index (χ3v) is 5.99. The lowest BCUT2D eigenvalue weighted by Gasteiger charge is -2.17. The van der Waals surface area contributed by atoms with Gasteiger partial charge in [0.2, 0.25) is 0 Å². The number of carbonyl (C=O) groups is 1. The molecular formula is C25H23Cl2N3O2. The van der Waals surface area contributed by atoms with Gasteiger partial charge in [-0.3, -0.25) is 4.79 Å². The predicted octanol–water partition coefficient (Wildman–Crippen LogP) is 5.94. The molecule has 0 bridgehead atoms. The van der Waals surface area contributed by atoms with Crippen molar-refractivity contribution in [2.75, 3.05) is 18.0 Å². The third-order valence-electron chi connectivity index (χ3n) is 5.25. The summed E-state index contributed by atoms with van der Waals surface area (Å²) in [5, 5.41) is 5.08. The monoisotopic (exact) mass is 467 g/mol. The summed E-state index contributed by atoms with van der Waals surface area (Å²) in [4.78, 5) is 14.6. The predicted molar refractivity (Wildman–Crippen MR) is 130 cm³/mol. The molecule has 5 nitrogen and oxygen atoms in total. The van der Waals surface area contributed by atoms with E-state index in [-0.39, 0.29) is 5.91 Å². The highest BCUT2D eigenvalue weighted by Gasteiger charge is 2.12. The maximum Gasteiger partial charge on any atom is 0.271 e. The van der Waals surface area contributed by atoms with Crippen molar-refractivity contribution in [1.82, 2.24) is 5.43 Å². The Morgan fingerprint density at radius 1 is 0.969 bits per heavy atom. The molecular weight excluding hydrogens is 445 g/mol. The van der Waals surface area contributed by atoms with E-state index in [1.807, 2.05) is 54.6 Å². The van der Waals surface area contributed by atoms with Gasteiger partial charge in [-0.2, -0.15) is 5.10 Å². The molecule has 1 aliphatic rings. The molecule has 164 valence electrons. The molecule has 32 heavy (non-hydrogen) atoms. The van der Waals surface area contributed by atoms with Crippen LogP contribution in [0, 0.1) is 0 Å². The number of benzene rings is 3. The van der Waals surface area contributed by atoms with E-state index in [9.17, 15) is 4.79 Å². The van der Waals surface area contributed by atoms with Crippen LogP contribution in [-0.4, -0.2) is 25.2 Å². The number of carbonyl (C=O) groups excluding carboxylic acids is 1. The van der Waals surface area contributed by atoms with Gasteiger partial charge in [-0.1, -0.05) is 29.3 Å². The summed E-state index contributed by atoms with van der Waals surface area (Å²) in [6.07, 6.45) is 4.04. The van der Waals surface area contributed by atoms with E-state index < -0.39 is 0 Å². The first-order valence-electron chi connectivity index (χ1n) is 10.4. The van der Waals surface area contributed by atoms with Crippen molar-refractivity contribution < 1.29 is 9.53 Å². The van der Waals surface area contributed by atoms with Crippen LogP contribution in [0.25, 0.3) is 0 Å². The first kappa shape index (κ1) is 22.2. The number of halogens is 2. The van der Waals surface area contributed by atoms with Gasteiger partial charge in [0.15, 0.2) is 0 Å². The van der Waals surface area contributed by atoms with Gasteiger partial charge in [-0.05, 0) is 84.6 Å². The Kier molecular flexibility index (Phi) is 7.30. The largest absolute Gasteiger partial charge is 0.489 e. The van der Waals surface area contributed by atoms with Crippen molar-refractivity contribution in [3.05, 3.63) is 93.5 Å². The fourth-order valence-electron chi connectivity index (χ4n) is 3.48. The molecule has 3 aromatic rings. The summed E-state index contributed by atoms with van der Waals surface area (Å²) in [5.74, 6) is 0.478. The van der Waals surface area contributed by atoms with Crippen LogP contribution in [0.4, 0.5) is 5.69 Å². The van der Waals surface area contributed by atoms with E-state index in [0.717, 1.165) is 35.7 Å². The van der Waals surface area contributed by atoms with E-state index in [1.165, 1.54) is 12.8 Å². The summed E-state index contributed by atoms with van der Waals surface area (Å²) in [5.41, 5.74) is 6.08. The second-order valence-electron chi connectivity index (χ2n) is 7.55. The number of nitrogens with zero attached hydrogens (tertiary/aromatic N) is 2. The van der Waals surface area contributed by atoms with Crippen LogP contribution in [0.5, 0.6) is 5.75 Å². The van der Waals surface area contributed by atoms with Gasteiger partial charge in [-0.25, -0.2) is 5.43 Å². The van der Waals surface area contributed by atoms with Crippen LogP contribution < -0.4 is 15.1 Å². The molecule has 0 unspecified atom stereocenters. The summed E-state index contributed by atoms with van der Waals surface area (Å²) < 4.78 is 5.77. The van der Waals surface area contributed by atoms with E-state index in [2.05, 4.69) is 15.4 Å². The number of hydrogen-bond donors (Lipinski definition) is 1. The van der Waals surface area contributed by atoms with Crippen molar-refractivity contribution in [1.29, 1.82) is 0 Å². The fraction of sp³-hybridized carbons (Fsp3) is 0.200. The van der Waals surface area contributed by atoms with Crippen LogP contribution in [-0.2, 0) is 6.61 Å². The van der Waals surface area contributed by atoms with Gasteiger partial charge in [-0.15, -0.1) is 0 Å². The molecule has 0 saturated carbocycles. The number of rotatable bonds is 7. The molecule has 1 fully saturated rings. The van der Waals surface area contributed by atoms with Gasteiger partial charge in [0.25, 0.3) is 5.91 Å². The molecule has 1 amide bonds. The molecule has 0 atom stereocenters. The molecule has 0 aromatic heterocycles. The number of nitrogens with one attached hydrogen (secondary N) is 1. The van der Waals surface area contributed by atoms with Crippen molar-refractivity contribution in [2.45, 2.75) is 19.4 Å². The topological polar surface area (TPSA) is 53.9 Å². The number of amides is 1. The minimum Gasteiger partial charge on any atom is -0.489 e. The molecule has 1 aliphatic heterocycles. The molecule has 3 aromatic carbocycles. The van der Waals surface area contributed by atoms with Gasteiger partial charge in [0.05, 0.1) is 16.3 Å². The van der Waals surface area contributed by atoms with Crippen LogP contribution >= 0.6 is 23.2 Å². The summed E-state index contributed by atoms with van der Waals surface area (Å²) in [7, 11) is 0. The third kappa shape index (κ3) is 5.81. The smallest absolute Gasteiger partial charge is 0.271 e. The van der Waals surface area contributed by atoms with Crippen LogP contribution in [0.3, 0.4) is 0 Å². The highest BCUT2D eigenvalue weighted by molar-refractivity contribution is 6.42. The van der Waals surface area contributed by atoms with E-state index in [0.29, 0.717) is 22.2 Å². The first-order chi connectivity index (χ1) is 15.6. The average Bonchev–Trinajstić information content (AvgIpc) is 3.36. The molecule has 1 N–H and O–H groups in total. The Balaban J connectivity index is 1.26. The zero-order valence-electron chi connectivity index (χ0n) is 17.4. The van der Waals surface area contributed by atoms with E-state index in [4.69, 9.17) is 27.9 Å². The Morgan fingerprint density at radius 2 is 1.69 bits per heavy atom. The van der Waals surface area contributed by atoms with Crippen molar-refractivity contribution in [2.24, 2.45) is 5.10 Å². The lowest BCUT2D eigenvalue weighted by Crippen LogP contribution is -2.19. The summed E-state index contributed by atoms with van der Waals surface area (Å²) in [6, 6.07) is 20.5. The average molecular weight is 468 g/mol. The highest BCUT2D eigenvalue weighted by atomic mass is 35.5.